The molecule has 5 rings (SSSR count). The predicted octanol–water partition coefficient (Wildman–Crippen LogP) is 10.9. The fraction of sp³-hybridized carbons (Fsp3) is 0.306. The molecule has 3 heterocycles. The predicted molar refractivity (Wildman–Crippen MR) is 172 cm³/mol. The SMILES string of the molecule is Cc1cc(C(F)(F)F)ccc1-c1cc(C(C)(C)C)cc(N(c2ccccc2)c2cc(C(C)(C)C)cc(-c3cc(C(F)(F)F)[nH]n3)n2)n1. The summed E-state index contributed by atoms with van der Waals surface area (Å²) in [5.41, 5.74) is 1.43. The minimum Gasteiger partial charge on any atom is -0.279 e. The highest BCUT2D eigenvalue weighted by atomic mass is 19.4. The third-order valence-corrected chi connectivity index (χ3v) is 7.80. The average Bonchev–Trinajstić information content (AvgIpc) is 3.48. The number of rotatable bonds is 5. The molecule has 0 aliphatic carbocycles. The number of alkyl halides is 6. The zero-order chi connectivity index (χ0) is 34.5. The van der Waals surface area contributed by atoms with E-state index in [9.17, 15) is 26.3 Å². The second kappa shape index (κ2) is 11.8. The van der Waals surface area contributed by atoms with Crippen molar-refractivity contribution in [3.8, 4) is 22.6 Å². The number of para-hydroxylation sites is 1. The summed E-state index contributed by atoms with van der Waals surface area (Å²) in [4.78, 5) is 11.6. The van der Waals surface area contributed by atoms with E-state index in [0.717, 1.165) is 29.3 Å². The molecule has 0 amide bonds. The zero-order valence-corrected chi connectivity index (χ0v) is 27.1. The van der Waals surface area contributed by atoms with Crippen LogP contribution in [0.5, 0.6) is 0 Å². The van der Waals surface area contributed by atoms with Crippen LogP contribution in [0.2, 0.25) is 0 Å². The van der Waals surface area contributed by atoms with E-state index in [1.165, 1.54) is 6.07 Å². The number of halogens is 6. The van der Waals surface area contributed by atoms with Crippen molar-refractivity contribution in [3.63, 3.8) is 0 Å². The van der Waals surface area contributed by atoms with Crippen molar-refractivity contribution < 1.29 is 26.3 Å². The average molecular weight is 652 g/mol. The molecule has 0 radical (unpaired) electrons. The molecule has 1 N–H and O–H groups in total. The van der Waals surface area contributed by atoms with E-state index in [4.69, 9.17) is 9.97 Å². The molecule has 246 valence electrons. The molecule has 5 aromatic rings. The molecule has 0 fully saturated rings. The van der Waals surface area contributed by atoms with E-state index in [-0.39, 0.29) is 16.8 Å². The number of aryl methyl sites for hydroxylation is 1. The maximum atomic E-state index is 13.5. The number of hydrogen-bond donors (Lipinski definition) is 1. The first-order valence-corrected chi connectivity index (χ1v) is 14.9. The lowest BCUT2D eigenvalue weighted by Crippen LogP contribution is -2.19. The standard InChI is InChI=1S/C36H35F6N5/c1-21-15-22(35(37,38)39)13-14-26(21)27-16-23(33(2,3)4)18-31(43-27)47(25-11-9-8-10-12-25)32-19-24(34(5,6)7)17-28(44-32)29-20-30(46-45-29)36(40,41)42/h8-20H,1-7H3,(H,45,46). The van der Waals surface area contributed by atoms with Gasteiger partial charge in [0, 0.05) is 11.3 Å². The van der Waals surface area contributed by atoms with Gasteiger partial charge in [-0.2, -0.15) is 31.4 Å². The van der Waals surface area contributed by atoms with Crippen LogP contribution in [-0.4, -0.2) is 20.2 Å². The van der Waals surface area contributed by atoms with Crippen molar-refractivity contribution >= 4 is 17.3 Å². The van der Waals surface area contributed by atoms with E-state index in [0.29, 0.717) is 34.1 Å². The lowest BCUT2D eigenvalue weighted by atomic mass is 9.86. The van der Waals surface area contributed by atoms with Crippen molar-refractivity contribution in [1.29, 1.82) is 0 Å². The first-order valence-electron chi connectivity index (χ1n) is 14.9. The summed E-state index contributed by atoms with van der Waals surface area (Å²) >= 11 is 0. The van der Waals surface area contributed by atoms with Crippen LogP contribution in [0, 0.1) is 6.92 Å². The highest BCUT2D eigenvalue weighted by molar-refractivity contribution is 5.77. The topological polar surface area (TPSA) is 57.7 Å². The van der Waals surface area contributed by atoms with E-state index in [2.05, 4.69) is 10.2 Å². The Balaban J connectivity index is 1.78. The van der Waals surface area contributed by atoms with Crippen molar-refractivity contribution in [2.45, 2.75) is 71.6 Å². The van der Waals surface area contributed by atoms with Gasteiger partial charge < -0.3 is 0 Å². The number of nitrogens with one attached hydrogen (secondary N) is 1. The van der Waals surface area contributed by atoms with E-state index in [1.54, 1.807) is 17.9 Å². The Morgan fingerprint density at radius 1 is 0.574 bits per heavy atom. The first-order chi connectivity index (χ1) is 21.7. The number of aromatic amines is 1. The number of pyridine rings is 2. The van der Waals surface area contributed by atoms with Crippen LogP contribution >= 0.6 is 0 Å². The van der Waals surface area contributed by atoms with Gasteiger partial charge in [-0.15, -0.1) is 0 Å². The largest absolute Gasteiger partial charge is 0.432 e. The van der Waals surface area contributed by atoms with E-state index >= 15 is 0 Å². The maximum Gasteiger partial charge on any atom is 0.432 e. The monoisotopic (exact) mass is 651 g/mol. The smallest absolute Gasteiger partial charge is 0.279 e. The molecule has 0 atom stereocenters. The highest BCUT2D eigenvalue weighted by Gasteiger charge is 2.34. The third-order valence-electron chi connectivity index (χ3n) is 7.80. The molecule has 0 bridgehead atoms. The van der Waals surface area contributed by atoms with Crippen molar-refractivity contribution in [2.24, 2.45) is 0 Å². The van der Waals surface area contributed by atoms with Gasteiger partial charge >= 0.3 is 12.4 Å². The Kier molecular flexibility index (Phi) is 8.49. The lowest BCUT2D eigenvalue weighted by molar-refractivity contribution is -0.141. The summed E-state index contributed by atoms with van der Waals surface area (Å²) in [6.45, 7) is 13.6. The van der Waals surface area contributed by atoms with Crippen LogP contribution < -0.4 is 4.90 Å². The molecule has 0 unspecified atom stereocenters. The minimum atomic E-state index is -4.62. The molecule has 47 heavy (non-hydrogen) atoms. The summed E-state index contributed by atoms with van der Waals surface area (Å²) in [7, 11) is 0. The van der Waals surface area contributed by atoms with Gasteiger partial charge in [0.05, 0.1) is 17.0 Å². The van der Waals surface area contributed by atoms with E-state index in [1.807, 2.05) is 90.1 Å². The number of hydrogen-bond acceptors (Lipinski definition) is 4. The van der Waals surface area contributed by atoms with Gasteiger partial charge in [0.1, 0.15) is 23.0 Å². The Morgan fingerprint density at radius 2 is 1.13 bits per heavy atom. The molecule has 0 spiro atoms. The molecule has 0 saturated carbocycles. The molecule has 3 aromatic heterocycles. The number of H-pyrrole nitrogens is 1. The summed E-state index contributed by atoms with van der Waals surface area (Å²) in [6, 6.07) is 21.1. The summed E-state index contributed by atoms with van der Waals surface area (Å²) < 4.78 is 81.0. The fourth-order valence-corrected chi connectivity index (χ4v) is 5.08. The molecule has 0 aliphatic heterocycles. The van der Waals surface area contributed by atoms with E-state index < -0.39 is 29.0 Å². The fourth-order valence-electron chi connectivity index (χ4n) is 5.08. The van der Waals surface area contributed by atoms with Crippen LogP contribution in [-0.2, 0) is 23.2 Å². The molecular weight excluding hydrogens is 616 g/mol. The van der Waals surface area contributed by atoms with Crippen LogP contribution in [0.1, 0.15) is 69.5 Å². The quantitative estimate of drug-likeness (QED) is 0.192. The number of anilines is 3. The minimum absolute atomic E-state index is 0.0233. The van der Waals surface area contributed by atoms with Crippen molar-refractivity contribution in [3.05, 3.63) is 107 Å². The molecule has 11 heteroatoms. The van der Waals surface area contributed by atoms with Gasteiger partial charge in [-0.3, -0.25) is 10.00 Å². The number of benzene rings is 2. The summed E-state index contributed by atoms with van der Waals surface area (Å²) in [6.07, 6.45) is -9.11. The zero-order valence-electron chi connectivity index (χ0n) is 27.1. The van der Waals surface area contributed by atoms with Gasteiger partial charge in [0.15, 0.2) is 0 Å². The third kappa shape index (κ3) is 7.34. The maximum absolute atomic E-state index is 13.5. The van der Waals surface area contributed by atoms with Gasteiger partial charge in [-0.05, 0) is 89.0 Å². The van der Waals surface area contributed by atoms with Crippen molar-refractivity contribution in [1.82, 2.24) is 20.2 Å². The van der Waals surface area contributed by atoms with Gasteiger partial charge in [-0.1, -0.05) is 65.8 Å². The Morgan fingerprint density at radius 3 is 1.62 bits per heavy atom. The van der Waals surface area contributed by atoms with Crippen LogP contribution in [0.15, 0.2) is 78.9 Å². The van der Waals surface area contributed by atoms with Gasteiger partial charge in [0.25, 0.3) is 0 Å². The second-order valence-electron chi connectivity index (χ2n) is 13.6. The Bertz CT molecular complexity index is 1890. The number of aromatic nitrogens is 4. The Hall–Kier alpha value is -4.67. The van der Waals surface area contributed by atoms with Crippen LogP contribution in [0.4, 0.5) is 43.7 Å². The summed E-state index contributed by atoms with van der Waals surface area (Å²) in [5.74, 6) is 0.810. The molecule has 0 aliphatic rings. The highest BCUT2D eigenvalue weighted by Crippen LogP contribution is 2.41. The van der Waals surface area contributed by atoms with Gasteiger partial charge in [-0.25, -0.2) is 9.97 Å². The van der Waals surface area contributed by atoms with Crippen LogP contribution in [0.3, 0.4) is 0 Å². The Labute approximate surface area is 269 Å². The summed E-state index contributed by atoms with van der Waals surface area (Å²) in [5, 5.41) is 6.01. The molecule has 0 saturated heterocycles. The number of nitrogens with zero attached hydrogens (tertiary/aromatic N) is 4. The lowest BCUT2D eigenvalue weighted by Gasteiger charge is -2.29. The normalized spacial score (nSPS) is 12.8. The van der Waals surface area contributed by atoms with Gasteiger partial charge in [0.2, 0.25) is 0 Å². The molecule has 2 aromatic carbocycles. The van der Waals surface area contributed by atoms with Crippen molar-refractivity contribution in [2.75, 3.05) is 4.90 Å². The van der Waals surface area contributed by atoms with Crippen LogP contribution in [0.25, 0.3) is 22.6 Å². The first kappa shape index (κ1) is 33.7. The second-order valence-corrected chi connectivity index (χ2v) is 13.6. The molecule has 5 nitrogen and oxygen atoms in total. The molecular formula is C36H35F6N5.